The number of primary sulfonamides is 1. The number of sulfonamides is 1. The van der Waals surface area contributed by atoms with Gasteiger partial charge in [-0.1, -0.05) is 0 Å². The minimum Gasteiger partial charge on any atom is -0.390 e. The third-order valence-electron chi connectivity index (χ3n) is 1.64. The van der Waals surface area contributed by atoms with Crippen molar-refractivity contribution in [1.29, 1.82) is 0 Å². The van der Waals surface area contributed by atoms with Crippen LogP contribution in [0.5, 0.6) is 5.88 Å². The molecule has 0 unspecified atom stereocenters. The number of halogens is 3. The van der Waals surface area contributed by atoms with Gasteiger partial charge in [0.05, 0.1) is 11.0 Å². The molecule has 0 amide bonds. The Kier molecular flexibility index (Phi) is 3.54. The number of nitrogens with one attached hydrogen (secondary N) is 1. The molecule has 1 aromatic rings. The van der Waals surface area contributed by atoms with Crippen LogP contribution in [0.1, 0.15) is 0 Å². The summed E-state index contributed by atoms with van der Waals surface area (Å²) in [6.07, 6.45) is -5.23. The summed E-state index contributed by atoms with van der Waals surface area (Å²) in [6, 6.07) is 0.0836. The number of hydrogen-bond acceptors (Lipinski definition) is 6. The highest BCUT2D eigenvalue weighted by Gasteiger charge is 2.34. The molecular formula is C6H4F3N3O6S. The highest BCUT2D eigenvalue weighted by molar-refractivity contribution is 7.89. The monoisotopic (exact) mass is 303 g/mol. The van der Waals surface area contributed by atoms with E-state index in [2.05, 4.69) is 9.88 Å². The van der Waals surface area contributed by atoms with Gasteiger partial charge in [-0.3, -0.25) is 14.9 Å². The van der Waals surface area contributed by atoms with E-state index < -0.39 is 43.3 Å². The van der Waals surface area contributed by atoms with Crippen LogP contribution in [-0.2, 0) is 10.0 Å². The van der Waals surface area contributed by atoms with Gasteiger partial charge in [-0.15, -0.1) is 13.2 Å². The van der Waals surface area contributed by atoms with Crippen molar-refractivity contribution in [3.05, 3.63) is 26.4 Å². The first kappa shape index (κ1) is 14.9. The number of nitrogens with two attached hydrogens (primary N) is 1. The fraction of sp³-hybridized carbons (Fsp3) is 0.167. The van der Waals surface area contributed by atoms with Gasteiger partial charge in [-0.25, -0.2) is 13.6 Å². The standard InChI is InChI=1S/C6H4F3N3O6S/c7-6(8,9)18-3-1-2(13)4(12(14)15)5(11-3)19(10,16)17/h1H,(H,11,13)(H2,10,16,17). The lowest BCUT2D eigenvalue weighted by Crippen LogP contribution is -2.24. The Morgan fingerprint density at radius 3 is 2.32 bits per heavy atom. The summed E-state index contributed by atoms with van der Waals surface area (Å²) in [5.41, 5.74) is -3.11. The third-order valence-corrected chi connectivity index (χ3v) is 2.50. The molecule has 106 valence electrons. The highest BCUT2D eigenvalue weighted by Crippen LogP contribution is 2.23. The van der Waals surface area contributed by atoms with Crippen molar-refractivity contribution in [2.75, 3.05) is 0 Å². The molecule has 0 saturated carbocycles. The van der Waals surface area contributed by atoms with E-state index in [-0.39, 0.29) is 6.07 Å². The molecule has 0 radical (unpaired) electrons. The fourth-order valence-corrected chi connectivity index (χ4v) is 1.75. The third kappa shape index (κ3) is 3.65. The number of aromatic amines is 1. The first-order valence-corrected chi connectivity index (χ1v) is 5.66. The van der Waals surface area contributed by atoms with Crippen LogP contribution in [0.3, 0.4) is 0 Å². The summed E-state index contributed by atoms with van der Waals surface area (Å²) in [6.45, 7) is 0. The Balaban J connectivity index is 3.58. The van der Waals surface area contributed by atoms with E-state index in [9.17, 15) is 36.5 Å². The van der Waals surface area contributed by atoms with Crippen molar-refractivity contribution in [2.45, 2.75) is 11.4 Å². The molecule has 1 rings (SSSR count). The lowest BCUT2D eigenvalue weighted by Gasteiger charge is -2.09. The Hall–Kier alpha value is -2.15. The van der Waals surface area contributed by atoms with Crippen molar-refractivity contribution in [3.8, 4) is 5.88 Å². The molecular weight excluding hydrogens is 299 g/mol. The van der Waals surface area contributed by atoms with Crippen LogP contribution in [0, 0.1) is 10.1 Å². The fourth-order valence-electron chi connectivity index (χ4n) is 1.06. The van der Waals surface area contributed by atoms with E-state index in [4.69, 9.17) is 0 Å². The first-order chi connectivity index (χ1) is 8.42. The summed E-state index contributed by atoms with van der Waals surface area (Å²) in [5.74, 6) is -1.34. The smallest absolute Gasteiger partial charge is 0.390 e. The minimum absolute atomic E-state index is 0.0836. The van der Waals surface area contributed by atoms with Gasteiger partial charge in [-0.2, -0.15) is 0 Å². The molecule has 3 N–H and O–H groups in total. The number of pyridine rings is 1. The maximum Gasteiger partial charge on any atom is 0.574 e. The van der Waals surface area contributed by atoms with Gasteiger partial charge < -0.3 is 9.72 Å². The van der Waals surface area contributed by atoms with Gasteiger partial charge in [-0.05, 0) is 0 Å². The molecule has 0 aliphatic carbocycles. The van der Waals surface area contributed by atoms with Crippen LogP contribution in [-0.4, -0.2) is 24.7 Å². The van der Waals surface area contributed by atoms with Crippen molar-refractivity contribution < 1.29 is 31.2 Å². The van der Waals surface area contributed by atoms with Crippen LogP contribution >= 0.6 is 0 Å². The number of rotatable bonds is 3. The summed E-state index contributed by atoms with van der Waals surface area (Å²) in [5, 5.41) is 13.6. The van der Waals surface area contributed by atoms with Gasteiger partial charge in [0.1, 0.15) is 0 Å². The lowest BCUT2D eigenvalue weighted by molar-refractivity contribution is -0.389. The maximum atomic E-state index is 11.9. The molecule has 0 bridgehead atoms. The zero-order valence-electron chi connectivity index (χ0n) is 8.59. The van der Waals surface area contributed by atoms with Crippen molar-refractivity contribution in [3.63, 3.8) is 0 Å². The van der Waals surface area contributed by atoms with Gasteiger partial charge in [0.25, 0.3) is 15.5 Å². The van der Waals surface area contributed by atoms with Gasteiger partial charge in [0, 0.05) is 0 Å². The number of nitrogens with zero attached hydrogens (tertiary/aromatic N) is 1. The van der Waals surface area contributed by atoms with Crippen LogP contribution in [0.4, 0.5) is 18.9 Å². The largest absolute Gasteiger partial charge is 0.574 e. The molecule has 0 spiro atoms. The number of hydrogen-bond donors (Lipinski definition) is 2. The number of aromatic nitrogens is 1. The van der Waals surface area contributed by atoms with Gasteiger partial charge >= 0.3 is 12.0 Å². The molecule has 0 aromatic carbocycles. The van der Waals surface area contributed by atoms with Crippen LogP contribution < -0.4 is 15.3 Å². The van der Waals surface area contributed by atoms with Gasteiger partial charge in [0.15, 0.2) is 0 Å². The molecule has 1 heterocycles. The van der Waals surface area contributed by atoms with Crippen LogP contribution in [0.2, 0.25) is 0 Å². The summed E-state index contributed by atoms with van der Waals surface area (Å²) < 4.78 is 60.9. The van der Waals surface area contributed by atoms with Crippen molar-refractivity contribution >= 4 is 15.7 Å². The average molecular weight is 303 g/mol. The summed E-state index contributed by atoms with van der Waals surface area (Å²) >= 11 is 0. The summed E-state index contributed by atoms with van der Waals surface area (Å²) in [4.78, 5) is 21.7. The van der Waals surface area contributed by atoms with E-state index in [0.29, 0.717) is 0 Å². The van der Waals surface area contributed by atoms with Crippen LogP contribution in [0.25, 0.3) is 0 Å². The second kappa shape index (κ2) is 4.51. The zero-order valence-corrected chi connectivity index (χ0v) is 9.41. The lowest BCUT2D eigenvalue weighted by atomic mass is 10.4. The van der Waals surface area contributed by atoms with E-state index in [0.717, 1.165) is 0 Å². The predicted octanol–water partition coefficient (Wildman–Crippen LogP) is -0.171. The van der Waals surface area contributed by atoms with Crippen molar-refractivity contribution in [1.82, 2.24) is 4.98 Å². The second-order valence-electron chi connectivity index (χ2n) is 3.03. The molecule has 9 nitrogen and oxygen atoms in total. The van der Waals surface area contributed by atoms with E-state index in [1.165, 1.54) is 4.98 Å². The van der Waals surface area contributed by atoms with E-state index in [1.54, 1.807) is 0 Å². The highest BCUT2D eigenvalue weighted by atomic mass is 32.2. The number of alkyl halides is 3. The topological polar surface area (TPSA) is 145 Å². The predicted molar refractivity (Wildman–Crippen MR) is 51.8 cm³/mol. The molecule has 1 aromatic heterocycles. The molecule has 0 fully saturated rings. The molecule has 0 aliphatic heterocycles. The molecule has 19 heavy (non-hydrogen) atoms. The number of nitro groups is 1. The quantitative estimate of drug-likeness (QED) is 0.585. The Morgan fingerprint density at radius 2 is 1.95 bits per heavy atom. The second-order valence-corrected chi connectivity index (χ2v) is 4.52. The van der Waals surface area contributed by atoms with Crippen LogP contribution in [0.15, 0.2) is 15.9 Å². The Labute approximate surface area is 102 Å². The maximum absolute atomic E-state index is 11.9. The number of ether oxygens (including phenoxy) is 1. The Bertz CT molecular complexity index is 678. The first-order valence-electron chi connectivity index (χ1n) is 4.12. The summed E-state index contributed by atoms with van der Waals surface area (Å²) in [7, 11) is -4.82. The SMILES string of the molecule is NS(=O)(=O)c1[nH]c(OC(F)(F)F)cc(=O)c1[N+](=O)[O-]. The Morgan fingerprint density at radius 1 is 1.42 bits per heavy atom. The average Bonchev–Trinajstić information content (AvgIpc) is 2.11. The normalized spacial score (nSPS) is 12.2. The van der Waals surface area contributed by atoms with Crippen molar-refractivity contribution in [2.24, 2.45) is 5.14 Å². The molecule has 0 aliphatic rings. The minimum atomic E-state index is -5.23. The number of H-pyrrole nitrogens is 1. The molecule has 0 saturated heterocycles. The van der Waals surface area contributed by atoms with E-state index >= 15 is 0 Å². The molecule has 13 heteroatoms. The zero-order chi connectivity index (χ0) is 15.0. The van der Waals surface area contributed by atoms with E-state index in [1.807, 2.05) is 0 Å². The van der Waals surface area contributed by atoms with Gasteiger partial charge in [0.2, 0.25) is 10.9 Å². The molecule has 0 atom stereocenters.